The first-order valence-electron chi connectivity index (χ1n) is 9.90. The SMILES string of the molecule is Cc1cc(OCc2ccc(C(=O)Nc3ncn(Cc4c(Cl)cccc4Cl)n3)o2)ccc1[N+](=O)[O-]. The summed E-state index contributed by atoms with van der Waals surface area (Å²) >= 11 is 12.4. The standard InChI is InChI=1S/C22H17Cl2N5O5/c1-13-9-14(5-7-19(13)29(31)32)33-11-15-6-8-20(34-15)21(30)26-22-25-12-28(27-22)10-16-17(23)3-2-4-18(16)24/h2-9,12H,10-11H2,1H3,(H,26,27,30). The molecule has 0 saturated heterocycles. The van der Waals surface area contributed by atoms with E-state index in [1.165, 1.54) is 29.2 Å². The summed E-state index contributed by atoms with van der Waals surface area (Å²) in [6.07, 6.45) is 1.45. The van der Waals surface area contributed by atoms with Crippen molar-refractivity contribution in [2.24, 2.45) is 0 Å². The molecule has 0 spiro atoms. The Morgan fingerprint density at radius 3 is 2.68 bits per heavy atom. The van der Waals surface area contributed by atoms with Crippen LogP contribution in [0.25, 0.3) is 0 Å². The fraction of sp³-hybridized carbons (Fsp3) is 0.136. The lowest BCUT2D eigenvalue weighted by Crippen LogP contribution is -2.12. The van der Waals surface area contributed by atoms with Crippen molar-refractivity contribution in [1.29, 1.82) is 0 Å². The molecule has 12 heteroatoms. The quantitative estimate of drug-likeness (QED) is 0.257. The molecule has 0 fully saturated rings. The zero-order valence-corrected chi connectivity index (χ0v) is 19.2. The van der Waals surface area contributed by atoms with Gasteiger partial charge < -0.3 is 9.15 Å². The minimum absolute atomic E-state index is 0.00956. The van der Waals surface area contributed by atoms with Crippen molar-refractivity contribution in [2.75, 3.05) is 5.32 Å². The smallest absolute Gasteiger partial charge is 0.293 e. The van der Waals surface area contributed by atoms with Gasteiger partial charge >= 0.3 is 0 Å². The summed E-state index contributed by atoms with van der Waals surface area (Å²) < 4.78 is 12.6. The van der Waals surface area contributed by atoms with Gasteiger partial charge in [0.25, 0.3) is 11.6 Å². The molecule has 1 N–H and O–H groups in total. The Bertz CT molecular complexity index is 1350. The Labute approximate surface area is 203 Å². The zero-order chi connectivity index (χ0) is 24.2. The van der Waals surface area contributed by atoms with Crippen LogP contribution in [0.3, 0.4) is 0 Å². The number of furan rings is 1. The third kappa shape index (κ3) is 5.36. The number of benzene rings is 2. The average Bonchev–Trinajstić information content (AvgIpc) is 3.44. The van der Waals surface area contributed by atoms with Gasteiger partial charge in [0.1, 0.15) is 24.4 Å². The molecule has 4 rings (SSSR count). The maximum absolute atomic E-state index is 12.5. The van der Waals surface area contributed by atoms with Crippen LogP contribution in [0, 0.1) is 17.0 Å². The number of aryl methyl sites for hydroxylation is 1. The van der Waals surface area contributed by atoms with Crippen molar-refractivity contribution >= 4 is 40.7 Å². The number of aromatic nitrogens is 3. The lowest BCUT2D eigenvalue weighted by Gasteiger charge is -2.06. The molecule has 34 heavy (non-hydrogen) atoms. The maximum atomic E-state index is 12.5. The van der Waals surface area contributed by atoms with Gasteiger partial charge in [0.2, 0.25) is 5.95 Å². The summed E-state index contributed by atoms with van der Waals surface area (Å²) in [5, 5.41) is 18.7. The van der Waals surface area contributed by atoms with Crippen LogP contribution in [0.15, 0.2) is 59.3 Å². The van der Waals surface area contributed by atoms with Crippen molar-refractivity contribution in [2.45, 2.75) is 20.1 Å². The van der Waals surface area contributed by atoms with Gasteiger partial charge in [-0.15, -0.1) is 5.10 Å². The molecule has 0 saturated carbocycles. The number of carbonyl (C=O) groups is 1. The minimum atomic E-state index is -0.536. The summed E-state index contributed by atoms with van der Waals surface area (Å²) in [7, 11) is 0. The van der Waals surface area contributed by atoms with Crippen LogP contribution in [0.4, 0.5) is 11.6 Å². The predicted octanol–water partition coefficient (Wildman–Crippen LogP) is 5.27. The molecule has 0 aliphatic carbocycles. The fourth-order valence-corrected chi connectivity index (χ4v) is 3.61. The molecule has 2 heterocycles. The minimum Gasteiger partial charge on any atom is -0.486 e. The highest BCUT2D eigenvalue weighted by atomic mass is 35.5. The Morgan fingerprint density at radius 2 is 1.97 bits per heavy atom. The summed E-state index contributed by atoms with van der Waals surface area (Å²) in [4.78, 5) is 27.0. The van der Waals surface area contributed by atoms with Gasteiger partial charge in [0.05, 0.1) is 11.5 Å². The predicted molar refractivity (Wildman–Crippen MR) is 124 cm³/mol. The summed E-state index contributed by atoms with van der Waals surface area (Å²) in [6.45, 7) is 1.94. The second kappa shape index (κ2) is 9.94. The number of halogens is 2. The average molecular weight is 502 g/mol. The van der Waals surface area contributed by atoms with E-state index < -0.39 is 10.8 Å². The van der Waals surface area contributed by atoms with Crippen molar-refractivity contribution in [3.8, 4) is 5.75 Å². The van der Waals surface area contributed by atoms with Crippen molar-refractivity contribution in [3.05, 3.63) is 97.7 Å². The number of rotatable bonds is 8. The highest BCUT2D eigenvalue weighted by Gasteiger charge is 2.16. The van der Waals surface area contributed by atoms with E-state index in [0.29, 0.717) is 32.7 Å². The van der Waals surface area contributed by atoms with Gasteiger partial charge in [-0.2, -0.15) is 0 Å². The monoisotopic (exact) mass is 501 g/mol. The molecule has 0 atom stereocenters. The first-order chi connectivity index (χ1) is 16.3. The Balaban J connectivity index is 1.35. The number of nitrogens with zero attached hydrogens (tertiary/aromatic N) is 4. The molecule has 1 amide bonds. The van der Waals surface area contributed by atoms with E-state index in [1.54, 1.807) is 37.3 Å². The Kier molecular flexibility index (Phi) is 6.80. The van der Waals surface area contributed by atoms with Crippen LogP contribution in [0.5, 0.6) is 5.75 Å². The van der Waals surface area contributed by atoms with Crippen LogP contribution in [-0.4, -0.2) is 25.6 Å². The first kappa shape index (κ1) is 23.3. The molecule has 0 radical (unpaired) electrons. The van der Waals surface area contributed by atoms with Crippen LogP contribution in [0.1, 0.15) is 27.4 Å². The third-order valence-corrected chi connectivity index (χ3v) is 5.48. The van der Waals surface area contributed by atoms with Crippen LogP contribution in [0.2, 0.25) is 10.0 Å². The topological polar surface area (TPSA) is 125 Å². The van der Waals surface area contributed by atoms with Gasteiger partial charge in [-0.1, -0.05) is 29.3 Å². The lowest BCUT2D eigenvalue weighted by molar-refractivity contribution is -0.385. The molecular formula is C22H17Cl2N5O5. The number of hydrogen-bond donors (Lipinski definition) is 1. The molecule has 0 unspecified atom stereocenters. The normalized spacial score (nSPS) is 10.8. The van der Waals surface area contributed by atoms with Gasteiger partial charge in [-0.25, -0.2) is 9.67 Å². The number of ether oxygens (including phenoxy) is 1. The summed E-state index contributed by atoms with van der Waals surface area (Å²) in [5.74, 6) is 0.436. The largest absolute Gasteiger partial charge is 0.486 e. The van der Waals surface area contributed by atoms with Crippen molar-refractivity contribution < 1.29 is 18.9 Å². The van der Waals surface area contributed by atoms with Crippen LogP contribution < -0.4 is 10.1 Å². The summed E-state index contributed by atoms with van der Waals surface area (Å²) in [6, 6.07) is 12.7. The van der Waals surface area contributed by atoms with E-state index in [4.69, 9.17) is 32.4 Å². The van der Waals surface area contributed by atoms with Gasteiger partial charge in [0, 0.05) is 27.2 Å². The molecular weight excluding hydrogens is 485 g/mol. The fourth-order valence-electron chi connectivity index (χ4n) is 3.09. The molecule has 0 aliphatic rings. The van der Waals surface area contributed by atoms with Crippen molar-refractivity contribution in [1.82, 2.24) is 14.8 Å². The Morgan fingerprint density at radius 1 is 1.21 bits per heavy atom. The highest BCUT2D eigenvalue weighted by molar-refractivity contribution is 6.35. The third-order valence-electron chi connectivity index (χ3n) is 4.78. The number of hydrogen-bond acceptors (Lipinski definition) is 7. The molecule has 2 aromatic heterocycles. The number of anilines is 1. The molecule has 0 aliphatic heterocycles. The van der Waals surface area contributed by atoms with E-state index in [-0.39, 0.29) is 30.5 Å². The number of amides is 1. The first-order valence-corrected chi connectivity index (χ1v) is 10.7. The molecule has 2 aromatic carbocycles. The summed E-state index contributed by atoms with van der Waals surface area (Å²) in [5.41, 5.74) is 1.17. The molecule has 0 bridgehead atoms. The number of nitrogens with one attached hydrogen (secondary N) is 1. The van der Waals surface area contributed by atoms with Crippen molar-refractivity contribution in [3.63, 3.8) is 0 Å². The van der Waals surface area contributed by atoms with E-state index in [2.05, 4.69) is 15.4 Å². The second-order valence-electron chi connectivity index (χ2n) is 7.18. The molecule has 4 aromatic rings. The number of nitro benzene ring substituents is 1. The zero-order valence-electron chi connectivity index (χ0n) is 17.7. The molecule has 10 nitrogen and oxygen atoms in total. The van der Waals surface area contributed by atoms with Gasteiger partial charge in [0.15, 0.2) is 5.76 Å². The second-order valence-corrected chi connectivity index (χ2v) is 7.99. The number of nitro groups is 1. The van der Waals surface area contributed by atoms with Gasteiger partial charge in [-0.3, -0.25) is 20.2 Å². The van der Waals surface area contributed by atoms with Gasteiger partial charge in [-0.05, 0) is 43.3 Å². The van der Waals surface area contributed by atoms with E-state index >= 15 is 0 Å². The number of carbonyl (C=O) groups excluding carboxylic acids is 1. The lowest BCUT2D eigenvalue weighted by atomic mass is 10.2. The maximum Gasteiger partial charge on any atom is 0.293 e. The van der Waals surface area contributed by atoms with Crippen LogP contribution >= 0.6 is 23.2 Å². The van der Waals surface area contributed by atoms with E-state index in [9.17, 15) is 14.9 Å². The van der Waals surface area contributed by atoms with Crippen LogP contribution in [-0.2, 0) is 13.2 Å². The van der Waals surface area contributed by atoms with E-state index in [0.717, 1.165) is 0 Å². The Hall–Kier alpha value is -3.89. The highest BCUT2D eigenvalue weighted by Crippen LogP contribution is 2.25. The van der Waals surface area contributed by atoms with E-state index in [1.807, 2.05) is 0 Å². The molecule has 174 valence electrons.